The Labute approximate surface area is 209 Å². The zero-order valence-electron chi connectivity index (χ0n) is 19.8. The number of morpholine rings is 1. The summed E-state index contributed by atoms with van der Waals surface area (Å²) in [6.45, 7) is 4.65. The summed E-state index contributed by atoms with van der Waals surface area (Å²) >= 11 is 0. The fourth-order valence-electron chi connectivity index (χ4n) is 4.30. The van der Waals surface area contributed by atoms with E-state index in [0.29, 0.717) is 28.1 Å². The monoisotopic (exact) mass is 482 g/mol. The molecule has 3 N–H and O–H groups in total. The number of ether oxygens (including phenoxy) is 1. The molecule has 1 fully saturated rings. The van der Waals surface area contributed by atoms with Crippen LogP contribution < -0.4 is 20.9 Å². The molecular formula is C28H26N4O4. The molecule has 3 aromatic carbocycles. The predicted octanol–water partition coefficient (Wildman–Crippen LogP) is 4.12. The van der Waals surface area contributed by atoms with Crippen molar-refractivity contribution in [3.63, 3.8) is 0 Å². The van der Waals surface area contributed by atoms with E-state index in [-0.39, 0.29) is 17.6 Å². The predicted molar refractivity (Wildman–Crippen MR) is 140 cm³/mol. The van der Waals surface area contributed by atoms with Crippen LogP contribution in [0.3, 0.4) is 0 Å². The van der Waals surface area contributed by atoms with E-state index in [1.807, 2.05) is 12.1 Å². The van der Waals surface area contributed by atoms with Crippen LogP contribution in [0.1, 0.15) is 28.4 Å². The summed E-state index contributed by atoms with van der Waals surface area (Å²) in [5, 5.41) is 8.73. The third kappa shape index (κ3) is 4.99. The molecule has 182 valence electrons. The lowest BCUT2D eigenvalue weighted by atomic mass is 9.99. The maximum absolute atomic E-state index is 13.0. The van der Waals surface area contributed by atoms with E-state index in [2.05, 4.69) is 33.0 Å². The van der Waals surface area contributed by atoms with Crippen LogP contribution in [-0.4, -0.2) is 43.9 Å². The third-order valence-electron chi connectivity index (χ3n) is 6.16. The Hall–Kier alpha value is -4.43. The topological polar surface area (TPSA) is 99.8 Å². The van der Waals surface area contributed by atoms with Gasteiger partial charge in [0.05, 0.1) is 18.8 Å². The van der Waals surface area contributed by atoms with Gasteiger partial charge in [-0.15, -0.1) is 0 Å². The first-order chi connectivity index (χ1) is 17.5. The lowest BCUT2D eigenvalue weighted by Crippen LogP contribution is -2.36. The number of rotatable bonds is 6. The minimum atomic E-state index is -0.230. The molecule has 0 radical (unpaired) electrons. The summed E-state index contributed by atoms with van der Waals surface area (Å²) in [6, 6.07) is 19.9. The van der Waals surface area contributed by atoms with Crippen LogP contribution in [0.2, 0.25) is 0 Å². The van der Waals surface area contributed by atoms with Crippen LogP contribution in [0, 0.1) is 0 Å². The van der Waals surface area contributed by atoms with Gasteiger partial charge in [-0.2, -0.15) is 0 Å². The Bertz CT molecular complexity index is 1340. The number of ketones is 1. The first-order valence-electron chi connectivity index (χ1n) is 11.8. The van der Waals surface area contributed by atoms with E-state index >= 15 is 0 Å². The summed E-state index contributed by atoms with van der Waals surface area (Å²) in [5.41, 5.74) is 5.42. The van der Waals surface area contributed by atoms with Gasteiger partial charge in [-0.25, -0.2) is 0 Å². The van der Waals surface area contributed by atoms with Crippen LogP contribution in [0.4, 0.5) is 22.7 Å². The van der Waals surface area contributed by atoms with Crippen LogP contribution >= 0.6 is 0 Å². The van der Waals surface area contributed by atoms with Crippen molar-refractivity contribution in [2.75, 3.05) is 47.2 Å². The van der Waals surface area contributed by atoms with Gasteiger partial charge in [-0.1, -0.05) is 12.1 Å². The minimum absolute atomic E-state index is 0.169. The van der Waals surface area contributed by atoms with Gasteiger partial charge in [0.15, 0.2) is 5.78 Å². The third-order valence-corrected chi connectivity index (χ3v) is 6.16. The van der Waals surface area contributed by atoms with Crippen molar-refractivity contribution in [2.24, 2.45) is 0 Å². The van der Waals surface area contributed by atoms with Gasteiger partial charge in [-0.3, -0.25) is 14.4 Å². The minimum Gasteiger partial charge on any atom is -0.378 e. The van der Waals surface area contributed by atoms with E-state index in [4.69, 9.17) is 4.74 Å². The van der Waals surface area contributed by atoms with Crippen molar-refractivity contribution in [2.45, 2.75) is 6.92 Å². The smallest absolute Gasteiger partial charge is 0.257 e. The van der Waals surface area contributed by atoms with E-state index in [1.165, 1.54) is 6.92 Å². The molecule has 0 spiro atoms. The average molecular weight is 483 g/mol. The quantitative estimate of drug-likeness (QED) is 0.361. The Morgan fingerprint density at radius 3 is 2.28 bits per heavy atom. The molecule has 2 aliphatic heterocycles. The Morgan fingerprint density at radius 1 is 0.917 bits per heavy atom. The number of carbonyl (C=O) groups is 3. The molecule has 8 nitrogen and oxygen atoms in total. The molecule has 8 heteroatoms. The maximum atomic E-state index is 13.0. The van der Waals surface area contributed by atoms with Gasteiger partial charge < -0.3 is 25.6 Å². The van der Waals surface area contributed by atoms with Gasteiger partial charge in [-0.05, 0) is 54.6 Å². The second-order valence-corrected chi connectivity index (χ2v) is 8.65. The number of anilines is 4. The first kappa shape index (κ1) is 23.3. The Morgan fingerprint density at radius 2 is 1.58 bits per heavy atom. The number of nitrogens with zero attached hydrogens (tertiary/aromatic N) is 1. The largest absolute Gasteiger partial charge is 0.378 e. The van der Waals surface area contributed by atoms with Crippen molar-refractivity contribution in [1.29, 1.82) is 0 Å². The van der Waals surface area contributed by atoms with Crippen LogP contribution in [-0.2, 0) is 14.3 Å². The number of hydrogen-bond acceptors (Lipinski definition) is 6. The molecule has 2 amide bonds. The number of fused-ring (bicyclic) bond motifs is 1. The van der Waals surface area contributed by atoms with Gasteiger partial charge >= 0.3 is 0 Å². The normalized spacial score (nSPS) is 15.9. The molecule has 3 aromatic rings. The molecule has 0 saturated carbocycles. The van der Waals surface area contributed by atoms with Gasteiger partial charge in [0.1, 0.15) is 0 Å². The number of benzene rings is 3. The lowest BCUT2D eigenvalue weighted by molar-refractivity contribution is -0.114. The number of nitrogens with one attached hydrogen (secondary N) is 3. The van der Waals surface area contributed by atoms with Crippen molar-refractivity contribution >= 4 is 45.9 Å². The molecule has 0 aromatic heterocycles. The zero-order chi connectivity index (χ0) is 25.1. The summed E-state index contributed by atoms with van der Waals surface area (Å²) in [4.78, 5) is 39.1. The summed E-state index contributed by atoms with van der Waals surface area (Å²) < 4.78 is 5.41. The highest BCUT2D eigenvalue weighted by Crippen LogP contribution is 2.33. The maximum Gasteiger partial charge on any atom is 0.257 e. The summed E-state index contributed by atoms with van der Waals surface area (Å²) in [7, 11) is 0. The summed E-state index contributed by atoms with van der Waals surface area (Å²) in [5.74, 6) is -0.573. The van der Waals surface area contributed by atoms with Gasteiger partial charge in [0.2, 0.25) is 5.91 Å². The van der Waals surface area contributed by atoms with E-state index in [1.54, 1.807) is 48.7 Å². The van der Waals surface area contributed by atoms with Crippen molar-refractivity contribution in [3.05, 3.63) is 89.6 Å². The van der Waals surface area contributed by atoms with Gasteiger partial charge in [0, 0.05) is 65.7 Å². The molecule has 0 unspecified atom stereocenters. The second kappa shape index (κ2) is 10.1. The molecule has 2 heterocycles. The molecule has 0 aliphatic carbocycles. The average Bonchev–Trinajstić information content (AvgIpc) is 3.22. The lowest BCUT2D eigenvalue weighted by Gasteiger charge is -2.28. The molecule has 0 atom stereocenters. The highest BCUT2D eigenvalue weighted by atomic mass is 16.5. The fraction of sp³-hybridized carbons (Fsp3) is 0.179. The summed E-state index contributed by atoms with van der Waals surface area (Å²) in [6.07, 6.45) is 1.69. The number of carbonyl (C=O) groups excluding carboxylic acids is 3. The van der Waals surface area contributed by atoms with Crippen LogP contribution in [0.5, 0.6) is 0 Å². The molecule has 0 bridgehead atoms. The van der Waals surface area contributed by atoms with E-state index in [0.717, 1.165) is 43.2 Å². The van der Waals surface area contributed by atoms with Crippen LogP contribution in [0.15, 0.2) is 72.9 Å². The van der Waals surface area contributed by atoms with Crippen LogP contribution in [0.25, 0.3) is 5.57 Å². The van der Waals surface area contributed by atoms with Gasteiger partial charge in [0.25, 0.3) is 5.91 Å². The zero-order valence-corrected chi connectivity index (χ0v) is 19.8. The number of hydrogen-bond donors (Lipinski definition) is 3. The molecule has 2 aliphatic rings. The van der Waals surface area contributed by atoms with E-state index < -0.39 is 0 Å². The highest BCUT2D eigenvalue weighted by Gasteiger charge is 2.25. The Balaban J connectivity index is 1.29. The van der Waals surface area contributed by atoms with E-state index in [9.17, 15) is 14.4 Å². The first-order valence-corrected chi connectivity index (χ1v) is 11.8. The number of amides is 2. The molecule has 1 saturated heterocycles. The fourth-order valence-corrected chi connectivity index (χ4v) is 4.30. The standard InChI is InChI=1S/C28H26N4O4/c1-18(33)30-22-5-2-19(3-6-22)27(34)20-4-11-24-25(28(35)31-26(24)16-20)17-29-21-7-9-23(10-8-21)32-12-14-36-15-13-32/h2-11,16-17,29H,12-15H2,1H3,(H,30,33)(H,31,35)/b25-17+. The highest BCUT2D eigenvalue weighted by molar-refractivity contribution is 6.32. The molecular weight excluding hydrogens is 456 g/mol. The van der Waals surface area contributed by atoms with Crippen molar-refractivity contribution < 1.29 is 19.1 Å². The Kier molecular flexibility index (Phi) is 6.51. The van der Waals surface area contributed by atoms with Crippen molar-refractivity contribution in [3.8, 4) is 0 Å². The SMILES string of the molecule is CC(=O)Nc1ccc(C(=O)c2ccc3c(c2)NC(=O)/C3=C/Nc2ccc(N3CCOCC3)cc2)cc1. The molecule has 36 heavy (non-hydrogen) atoms. The second-order valence-electron chi connectivity index (χ2n) is 8.65. The van der Waals surface area contributed by atoms with Crippen molar-refractivity contribution in [1.82, 2.24) is 0 Å². The molecule has 5 rings (SSSR count).